The molecule has 140 valence electrons. The zero-order chi connectivity index (χ0) is 19.0. The summed E-state index contributed by atoms with van der Waals surface area (Å²) in [6.07, 6.45) is 1.85. The summed E-state index contributed by atoms with van der Waals surface area (Å²) < 4.78 is 11.6. The summed E-state index contributed by atoms with van der Waals surface area (Å²) in [6, 6.07) is 14.2. The summed E-state index contributed by atoms with van der Waals surface area (Å²) in [5.41, 5.74) is 4.78. The summed E-state index contributed by atoms with van der Waals surface area (Å²) in [7, 11) is 0. The molecule has 0 radical (unpaired) electrons. The molecule has 3 aromatic rings. The zero-order valence-corrected chi connectivity index (χ0v) is 16.1. The SMILES string of the molecule is CCCc1cc(=O)oc2c3c(ccc12)OCN(c1ccc(C(C)C)cc1)C3. The molecule has 0 N–H and O–H groups in total. The van der Waals surface area contributed by atoms with Gasteiger partial charge in [-0.25, -0.2) is 4.79 Å². The van der Waals surface area contributed by atoms with Gasteiger partial charge in [0, 0.05) is 17.1 Å². The van der Waals surface area contributed by atoms with Crippen LogP contribution >= 0.6 is 0 Å². The summed E-state index contributed by atoms with van der Waals surface area (Å²) in [5, 5.41) is 1.01. The van der Waals surface area contributed by atoms with Gasteiger partial charge in [0.25, 0.3) is 0 Å². The number of ether oxygens (including phenoxy) is 1. The van der Waals surface area contributed by atoms with Crippen molar-refractivity contribution in [2.75, 3.05) is 11.6 Å². The Morgan fingerprint density at radius 2 is 1.89 bits per heavy atom. The maximum atomic E-state index is 12.1. The lowest BCUT2D eigenvalue weighted by Crippen LogP contribution is -2.32. The van der Waals surface area contributed by atoms with Crippen LogP contribution in [0.15, 0.2) is 51.7 Å². The predicted molar refractivity (Wildman–Crippen MR) is 109 cm³/mol. The fourth-order valence-electron chi connectivity index (χ4n) is 3.71. The van der Waals surface area contributed by atoms with Crippen LogP contribution in [0.25, 0.3) is 11.0 Å². The number of hydrogen-bond donors (Lipinski definition) is 0. The van der Waals surface area contributed by atoms with Crippen LogP contribution in [0.1, 0.15) is 49.8 Å². The Bertz CT molecular complexity index is 1020. The van der Waals surface area contributed by atoms with Gasteiger partial charge in [0.1, 0.15) is 11.3 Å². The monoisotopic (exact) mass is 363 g/mol. The maximum Gasteiger partial charge on any atom is 0.336 e. The van der Waals surface area contributed by atoms with E-state index in [0.717, 1.165) is 40.8 Å². The second kappa shape index (κ2) is 7.10. The number of benzene rings is 2. The topological polar surface area (TPSA) is 42.7 Å². The van der Waals surface area contributed by atoms with E-state index in [2.05, 4.69) is 49.9 Å². The van der Waals surface area contributed by atoms with E-state index >= 15 is 0 Å². The van der Waals surface area contributed by atoms with Crippen LogP contribution in [0.3, 0.4) is 0 Å². The second-order valence-electron chi connectivity index (χ2n) is 7.48. The van der Waals surface area contributed by atoms with E-state index in [4.69, 9.17) is 9.15 Å². The van der Waals surface area contributed by atoms with Gasteiger partial charge in [-0.2, -0.15) is 0 Å². The minimum Gasteiger partial charge on any atom is -0.473 e. The molecular formula is C23H25NO3. The van der Waals surface area contributed by atoms with Crippen molar-refractivity contribution < 1.29 is 9.15 Å². The number of nitrogens with zero attached hydrogens (tertiary/aromatic N) is 1. The fourth-order valence-corrected chi connectivity index (χ4v) is 3.71. The van der Waals surface area contributed by atoms with E-state index in [9.17, 15) is 4.79 Å². The molecule has 0 spiro atoms. The van der Waals surface area contributed by atoms with Crippen LogP contribution in [-0.2, 0) is 13.0 Å². The molecule has 0 bridgehead atoms. The van der Waals surface area contributed by atoms with E-state index in [-0.39, 0.29) is 5.63 Å². The molecule has 2 aromatic carbocycles. The number of aryl methyl sites for hydroxylation is 1. The Morgan fingerprint density at radius 3 is 2.59 bits per heavy atom. The molecule has 0 fully saturated rings. The van der Waals surface area contributed by atoms with Gasteiger partial charge in [-0.05, 0) is 47.7 Å². The van der Waals surface area contributed by atoms with Crippen LogP contribution in [0.5, 0.6) is 5.75 Å². The highest BCUT2D eigenvalue weighted by Gasteiger charge is 2.22. The normalized spacial score (nSPS) is 13.7. The van der Waals surface area contributed by atoms with Crippen molar-refractivity contribution >= 4 is 16.7 Å². The highest BCUT2D eigenvalue weighted by atomic mass is 16.5. The first kappa shape index (κ1) is 17.7. The van der Waals surface area contributed by atoms with Gasteiger partial charge in [-0.15, -0.1) is 0 Å². The summed E-state index contributed by atoms with van der Waals surface area (Å²) in [5.74, 6) is 1.31. The largest absolute Gasteiger partial charge is 0.473 e. The van der Waals surface area contributed by atoms with Gasteiger partial charge < -0.3 is 14.1 Å². The standard InChI is InChI=1S/C23H25NO3/c1-4-5-17-12-22(25)27-23-19(17)10-11-21-20(23)13-24(14-26-21)18-8-6-16(7-9-18)15(2)3/h6-12,15H,4-5,13-14H2,1-3H3. The Balaban J connectivity index is 1.74. The minimum atomic E-state index is -0.294. The van der Waals surface area contributed by atoms with Crippen LogP contribution in [-0.4, -0.2) is 6.73 Å². The Morgan fingerprint density at radius 1 is 1.11 bits per heavy atom. The molecule has 1 aliphatic heterocycles. The van der Waals surface area contributed by atoms with Crippen molar-refractivity contribution in [2.24, 2.45) is 0 Å². The van der Waals surface area contributed by atoms with Gasteiger partial charge in [-0.3, -0.25) is 0 Å². The molecule has 0 saturated carbocycles. The van der Waals surface area contributed by atoms with Crippen molar-refractivity contribution in [1.82, 2.24) is 0 Å². The van der Waals surface area contributed by atoms with Crippen molar-refractivity contribution in [3.05, 3.63) is 69.6 Å². The third-order valence-electron chi connectivity index (χ3n) is 5.23. The van der Waals surface area contributed by atoms with E-state index in [1.807, 2.05) is 12.1 Å². The van der Waals surface area contributed by atoms with Crippen LogP contribution < -0.4 is 15.3 Å². The predicted octanol–water partition coefficient (Wildman–Crippen LogP) is 5.23. The van der Waals surface area contributed by atoms with Gasteiger partial charge in [-0.1, -0.05) is 39.3 Å². The van der Waals surface area contributed by atoms with E-state index in [1.54, 1.807) is 6.07 Å². The summed E-state index contributed by atoms with van der Waals surface area (Å²) in [4.78, 5) is 14.3. The van der Waals surface area contributed by atoms with Gasteiger partial charge in [0.05, 0.1) is 12.1 Å². The maximum absolute atomic E-state index is 12.1. The molecule has 1 aromatic heterocycles. The Labute approximate surface area is 159 Å². The molecule has 27 heavy (non-hydrogen) atoms. The molecule has 0 unspecified atom stereocenters. The average Bonchev–Trinajstić information content (AvgIpc) is 2.67. The van der Waals surface area contributed by atoms with E-state index in [0.29, 0.717) is 24.8 Å². The molecule has 0 saturated heterocycles. The fraction of sp³-hybridized carbons (Fsp3) is 0.348. The van der Waals surface area contributed by atoms with Crippen molar-refractivity contribution in [2.45, 2.75) is 46.1 Å². The third-order valence-corrected chi connectivity index (χ3v) is 5.23. The molecule has 4 heteroatoms. The molecule has 4 nitrogen and oxygen atoms in total. The van der Waals surface area contributed by atoms with Crippen LogP contribution in [0.2, 0.25) is 0 Å². The van der Waals surface area contributed by atoms with Gasteiger partial charge >= 0.3 is 5.63 Å². The van der Waals surface area contributed by atoms with Crippen molar-refractivity contribution in [1.29, 1.82) is 0 Å². The Hall–Kier alpha value is -2.75. The number of rotatable bonds is 4. The van der Waals surface area contributed by atoms with Crippen LogP contribution in [0.4, 0.5) is 5.69 Å². The number of hydrogen-bond acceptors (Lipinski definition) is 4. The molecule has 0 aliphatic carbocycles. The lowest BCUT2D eigenvalue weighted by atomic mass is 10.0. The van der Waals surface area contributed by atoms with E-state index in [1.165, 1.54) is 5.56 Å². The quantitative estimate of drug-likeness (QED) is 0.596. The minimum absolute atomic E-state index is 0.294. The Kier molecular flexibility index (Phi) is 4.65. The molecule has 2 heterocycles. The third kappa shape index (κ3) is 3.32. The van der Waals surface area contributed by atoms with Crippen LogP contribution in [0, 0.1) is 0 Å². The molecule has 4 rings (SSSR count). The lowest BCUT2D eigenvalue weighted by molar-refractivity contribution is 0.289. The molecule has 0 atom stereocenters. The van der Waals surface area contributed by atoms with Gasteiger partial charge in [0.2, 0.25) is 0 Å². The van der Waals surface area contributed by atoms with E-state index < -0.39 is 0 Å². The molecular weight excluding hydrogens is 338 g/mol. The number of fused-ring (bicyclic) bond motifs is 3. The highest BCUT2D eigenvalue weighted by molar-refractivity contribution is 5.85. The summed E-state index contributed by atoms with van der Waals surface area (Å²) >= 11 is 0. The summed E-state index contributed by atoms with van der Waals surface area (Å²) in [6.45, 7) is 7.64. The average molecular weight is 363 g/mol. The lowest BCUT2D eigenvalue weighted by Gasteiger charge is -2.31. The van der Waals surface area contributed by atoms with Crippen molar-refractivity contribution in [3.63, 3.8) is 0 Å². The molecule has 1 aliphatic rings. The van der Waals surface area contributed by atoms with Crippen molar-refractivity contribution in [3.8, 4) is 5.75 Å². The van der Waals surface area contributed by atoms with Gasteiger partial charge in [0.15, 0.2) is 6.73 Å². The zero-order valence-electron chi connectivity index (χ0n) is 16.1. The number of anilines is 1. The smallest absolute Gasteiger partial charge is 0.336 e. The second-order valence-corrected chi connectivity index (χ2v) is 7.48. The molecule has 0 amide bonds. The first-order chi connectivity index (χ1) is 13.1. The highest BCUT2D eigenvalue weighted by Crippen LogP contribution is 2.35. The first-order valence-corrected chi connectivity index (χ1v) is 9.63. The first-order valence-electron chi connectivity index (χ1n) is 9.63.